The summed E-state index contributed by atoms with van der Waals surface area (Å²) in [6.45, 7) is 2.23. The van der Waals surface area contributed by atoms with Crippen molar-refractivity contribution in [3.63, 3.8) is 0 Å². The number of aliphatic hydroxyl groups excluding tert-OH is 1. The second kappa shape index (κ2) is 6.23. The molecule has 0 aliphatic rings. The van der Waals surface area contributed by atoms with E-state index < -0.39 is 17.9 Å². The molecule has 0 heterocycles. The average molecular weight is 226 g/mol. The first-order chi connectivity index (χ1) is 7.63. The molecule has 1 rings (SSSR count). The lowest BCUT2D eigenvalue weighted by molar-refractivity contribution is -0.146. The van der Waals surface area contributed by atoms with E-state index in [1.165, 1.54) is 18.2 Å². The van der Waals surface area contributed by atoms with E-state index in [0.29, 0.717) is 12.2 Å². The van der Waals surface area contributed by atoms with Gasteiger partial charge in [-0.15, -0.1) is 0 Å². The van der Waals surface area contributed by atoms with Gasteiger partial charge in [-0.1, -0.05) is 19.1 Å². The van der Waals surface area contributed by atoms with Gasteiger partial charge in [-0.3, -0.25) is 4.79 Å². The van der Waals surface area contributed by atoms with Crippen molar-refractivity contribution < 1.29 is 19.0 Å². The van der Waals surface area contributed by atoms with Crippen LogP contribution in [0.25, 0.3) is 0 Å². The van der Waals surface area contributed by atoms with Crippen LogP contribution in [-0.2, 0) is 9.53 Å². The molecule has 88 valence electrons. The molecule has 3 nitrogen and oxygen atoms in total. The molecule has 0 fully saturated rings. The maximum Gasteiger partial charge on any atom is 0.308 e. The Morgan fingerprint density at radius 3 is 2.94 bits per heavy atom. The number of aliphatic hydroxyl groups is 1. The normalized spacial score (nSPS) is 12.2. The van der Waals surface area contributed by atoms with Crippen LogP contribution in [0.4, 0.5) is 4.39 Å². The smallest absolute Gasteiger partial charge is 0.308 e. The lowest BCUT2D eigenvalue weighted by Gasteiger charge is -2.10. The molecule has 0 amide bonds. The van der Waals surface area contributed by atoms with Gasteiger partial charge in [0.1, 0.15) is 5.82 Å². The van der Waals surface area contributed by atoms with Crippen LogP contribution in [0.15, 0.2) is 24.3 Å². The number of benzene rings is 1. The summed E-state index contributed by atoms with van der Waals surface area (Å²) in [5, 5.41) is 9.65. The molecule has 0 saturated carbocycles. The van der Waals surface area contributed by atoms with Gasteiger partial charge in [-0.2, -0.15) is 0 Å². The number of carbonyl (C=O) groups excluding carboxylic acids is 1. The van der Waals surface area contributed by atoms with Gasteiger partial charge in [0.25, 0.3) is 0 Å². The Hall–Kier alpha value is -1.42. The zero-order chi connectivity index (χ0) is 12.0. The van der Waals surface area contributed by atoms with E-state index in [-0.39, 0.29) is 6.42 Å². The Morgan fingerprint density at radius 2 is 2.31 bits per heavy atom. The molecule has 1 aromatic carbocycles. The molecule has 1 N–H and O–H groups in total. The lowest BCUT2D eigenvalue weighted by atomic mass is 10.1. The summed E-state index contributed by atoms with van der Waals surface area (Å²) in [5.41, 5.74) is 0.383. The molecule has 1 atom stereocenters. The summed E-state index contributed by atoms with van der Waals surface area (Å²) in [4.78, 5) is 11.2. The van der Waals surface area contributed by atoms with Crippen molar-refractivity contribution in [2.75, 3.05) is 6.61 Å². The minimum absolute atomic E-state index is 0.149. The number of carbonyl (C=O) groups is 1. The van der Waals surface area contributed by atoms with E-state index in [4.69, 9.17) is 4.74 Å². The number of hydrogen-bond acceptors (Lipinski definition) is 3. The molecule has 4 heteroatoms. The van der Waals surface area contributed by atoms with Crippen LogP contribution in [0.5, 0.6) is 0 Å². The van der Waals surface area contributed by atoms with Crippen molar-refractivity contribution in [3.05, 3.63) is 35.6 Å². The zero-order valence-electron chi connectivity index (χ0n) is 9.15. The number of hydrogen-bond donors (Lipinski definition) is 1. The highest BCUT2D eigenvalue weighted by Crippen LogP contribution is 2.17. The predicted octanol–water partition coefficient (Wildman–Crippen LogP) is 2.20. The Morgan fingerprint density at radius 1 is 1.56 bits per heavy atom. The van der Waals surface area contributed by atoms with Crippen molar-refractivity contribution >= 4 is 5.97 Å². The predicted molar refractivity (Wildman–Crippen MR) is 57.2 cm³/mol. The summed E-state index contributed by atoms with van der Waals surface area (Å²) in [6, 6.07) is 5.55. The molecule has 16 heavy (non-hydrogen) atoms. The van der Waals surface area contributed by atoms with Crippen LogP contribution in [0, 0.1) is 5.82 Å². The first kappa shape index (κ1) is 12.6. The van der Waals surface area contributed by atoms with Crippen LogP contribution in [0.3, 0.4) is 0 Å². The van der Waals surface area contributed by atoms with Gasteiger partial charge < -0.3 is 9.84 Å². The first-order valence-electron chi connectivity index (χ1n) is 5.22. The van der Waals surface area contributed by atoms with Crippen LogP contribution in [0.2, 0.25) is 0 Å². The number of ether oxygens (including phenoxy) is 1. The third kappa shape index (κ3) is 3.98. The SMILES string of the molecule is CCCOC(=O)CC(O)c1cccc(F)c1. The Balaban J connectivity index is 2.52. The van der Waals surface area contributed by atoms with Crippen molar-refractivity contribution in [3.8, 4) is 0 Å². The minimum Gasteiger partial charge on any atom is -0.466 e. The third-order valence-electron chi connectivity index (χ3n) is 2.06. The van der Waals surface area contributed by atoms with Crippen molar-refractivity contribution in [1.82, 2.24) is 0 Å². The van der Waals surface area contributed by atoms with E-state index in [1.54, 1.807) is 6.07 Å². The molecule has 0 saturated heterocycles. The molecule has 1 aromatic rings. The van der Waals surface area contributed by atoms with Crippen molar-refractivity contribution in [2.24, 2.45) is 0 Å². The van der Waals surface area contributed by atoms with Crippen molar-refractivity contribution in [1.29, 1.82) is 0 Å². The van der Waals surface area contributed by atoms with Crippen LogP contribution >= 0.6 is 0 Å². The molecular weight excluding hydrogens is 211 g/mol. The molecule has 0 bridgehead atoms. The van der Waals surface area contributed by atoms with Crippen molar-refractivity contribution in [2.45, 2.75) is 25.9 Å². The summed E-state index contributed by atoms with van der Waals surface area (Å²) in [7, 11) is 0. The van der Waals surface area contributed by atoms with E-state index in [9.17, 15) is 14.3 Å². The second-order valence-electron chi connectivity index (χ2n) is 3.50. The highest BCUT2D eigenvalue weighted by atomic mass is 19.1. The maximum absolute atomic E-state index is 12.8. The van der Waals surface area contributed by atoms with Gasteiger partial charge in [0.2, 0.25) is 0 Å². The van der Waals surface area contributed by atoms with Crippen LogP contribution in [-0.4, -0.2) is 17.7 Å². The summed E-state index contributed by atoms with van der Waals surface area (Å²) < 4.78 is 17.7. The van der Waals surface area contributed by atoms with Gasteiger partial charge in [0.05, 0.1) is 19.1 Å². The van der Waals surface area contributed by atoms with Crippen LogP contribution in [0.1, 0.15) is 31.4 Å². The first-order valence-corrected chi connectivity index (χ1v) is 5.22. The lowest BCUT2D eigenvalue weighted by Crippen LogP contribution is -2.10. The Bertz CT molecular complexity index is 352. The molecule has 0 aliphatic heterocycles. The quantitative estimate of drug-likeness (QED) is 0.783. The number of rotatable bonds is 5. The standard InChI is InChI=1S/C12H15FO3/c1-2-6-16-12(15)8-11(14)9-4-3-5-10(13)7-9/h3-5,7,11,14H,2,6,8H2,1H3. The average Bonchev–Trinajstić information content (AvgIpc) is 2.26. The fourth-order valence-electron chi connectivity index (χ4n) is 1.26. The Kier molecular flexibility index (Phi) is 4.92. The Labute approximate surface area is 93.9 Å². The van der Waals surface area contributed by atoms with Gasteiger partial charge in [-0.05, 0) is 24.1 Å². The molecule has 0 spiro atoms. The van der Waals surface area contributed by atoms with E-state index in [1.807, 2.05) is 6.92 Å². The molecule has 1 unspecified atom stereocenters. The van der Waals surface area contributed by atoms with E-state index in [2.05, 4.69) is 0 Å². The maximum atomic E-state index is 12.8. The minimum atomic E-state index is -1.01. The molecule has 0 aliphatic carbocycles. The molecule has 0 aromatic heterocycles. The number of halogens is 1. The monoisotopic (exact) mass is 226 g/mol. The second-order valence-corrected chi connectivity index (χ2v) is 3.50. The summed E-state index contributed by atoms with van der Waals surface area (Å²) >= 11 is 0. The third-order valence-corrected chi connectivity index (χ3v) is 2.06. The van der Waals surface area contributed by atoms with E-state index in [0.717, 1.165) is 6.42 Å². The highest BCUT2D eigenvalue weighted by Gasteiger charge is 2.14. The van der Waals surface area contributed by atoms with Gasteiger partial charge in [0, 0.05) is 0 Å². The topological polar surface area (TPSA) is 46.5 Å². The summed E-state index contributed by atoms with van der Waals surface area (Å²) in [6.07, 6.45) is -0.425. The van der Waals surface area contributed by atoms with Gasteiger partial charge in [0.15, 0.2) is 0 Å². The number of esters is 1. The van der Waals surface area contributed by atoms with Gasteiger partial charge in [-0.25, -0.2) is 4.39 Å². The van der Waals surface area contributed by atoms with Gasteiger partial charge >= 0.3 is 5.97 Å². The fourth-order valence-corrected chi connectivity index (χ4v) is 1.26. The fraction of sp³-hybridized carbons (Fsp3) is 0.417. The van der Waals surface area contributed by atoms with E-state index >= 15 is 0 Å². The molecule has 0 radical (unpaired) electrons. The largest absolute Gasteiger partial charge is 0.466 e. The highest BCUT2D eigenvalue weighted by molar-refractivity contribution is 5.70. The zero-order valence-corrected chi connectivity index (χ0v) is 9.15. The van der Waals surface area contributed by atoms with Crippen LogP contribution < -0.4 is 0 Å². The summed E-state index contributed by atoms with van der Waals surface area (Å²) in [5.74, 6) is -0.905. The molecular formula is C12H15FO3.